The van der Waals surface area contributed by atoms with Crippen LogP contribution in [0.5, 0.6) is 0 Å². The summed E-state index contributed by atoms with van der Waals surface area (Å²) >= 11 is 0. The fourth-order valence-corrected chi connectivity index (χ4v) is 7.48. The molecular formula is C61H102O6. The first kappa shape index (κ1) is 63.3. The number of esters is 3. The van der Waals surface area contributed by atoms with E-state index in [2.05, 4.69) is 118 Å². The quantitative estimate of drug-likeness (QED) is 0.0262. The number of carbonyl (C=O) groups excluding carboxylic acids is 3. The van der Waals surface area contributed by atoms with Crippen molar-refractivity contribution in [3.8, 4) is 0 Å². The second kappa shape index (κ2) is 54.9. The van der Waals surface area contributed by atoms with E-state index in [0.29, 0.717) is 19.3 Å². The summed E-state index contributed by atoms with van der Waals surface area (Å²) in [6.45, 7) is 6.36. The molecule has 0 heterocycles. The summed E-state index contributed by atoms with van der Waals surface area (Å²) in [5.41, 5.74) is 0. The number of allylic oxidation sites excluding steroid dienone is 16. The first-order chi connectivity index (χ1) is 33.0. The molecule has 1 unspecified atom stereocenters. The standard InChI is InChI=1S/C61H102O6/c1-4-7-10-13-16-18-20-22-24-26-28-30-32-34-36-38-40-42-45-48-51-54-60(63)66-57-58(56-65-59(62)53-50-47-44-15-12-9-6-3)67-61(64)55-52-49-46-43-41-39-37-35-33-31-29-27-25-23-21-19-17-14-11-8-5-2/h7-8,10-11,16-19,22-25,28-31,58H,4-6,9,12-15,20-21,26-27,32-57H2,1-3H3/b10-7-,11-8-,18-16-,19-17-,24-22-,25-23-,30-28-,31-29-. The van der Waals surface area contributed by atoms with Crippen molar-refractivity contribution in [2.75, 3.05) is 13.2 Å². The molecule has 67 heavy (non-hydrogen) atoms. The molecule has 382 valence electrons. The minimum Gasteiger partial charge on any atom is -0.462 e. The molecule has 0 fully saturated rings. The maximum Gasteiger partial charge on any atom is 0.306 e. The van der Waals surface area contributed by atoms with Crippen molar-refractivity contribution in [2.24, 2.45) is 0 Å². The predicted molar refractivity (Wildman–Crippen MR) is 288 cm³/mol. The molecule has 6 nitrogen and oxygen atoms in total. The number of ether oxygens (including phenoxy) is 3. The van der Waals surface area contributed by atoms with Crippen LogP contribution >= 0.6 is 0 Å². The van der Waals surface area contributed by atoms with Crippen LogP contribution in [0.4, 0.5) is 0 Å². The number of hydrogen-bond acceptors (Lipinski definition) is 6. The van der Waals surface area contributed by atoms with E-state index in [0.717, 1.165) is 122 Å². The third kappa shape index (κ3) is 53.2. The van der Waals surface area contributed by atoms with Gasteiger partial charge in [-0.2, -0.15) is 0 Å². The van der Waals surface area contributed by atoms with Gasteiger partial charge in [0.25, 0.3) is 0 Å². The second-order valence-corrected chi connectivity index (χ2v) is 18.1. The molecule has 0 aliphatic heterocycles. The van der Waals surface area contributed by atoms with E-state index in [4.69, 9.17) is 14.2 Å². The second-order valence-electron chi connectivity index (χ2n) is 18.1. The Kier molecular flexibility index (Phi) is 51.9. The lowest BCUT2D eigenvalue weighted by atomic mass is 10.1. The van der Waals surface area contributed by atoms with E-state index in [-0.39, 0.29) is 31.1 Å². The molecule has 0 bridgehead atoms. The van der Waals surface area contributed by atoms with Crippen LogP contribution in [0.2, 0.25) is 0 Å². The maximum atomic E-state index is 12.8. The van der Waals surface area contributed by atoms with Gasteiger partial charge in [0.15, 0.2) is 6.10 Å². The Bertz CT molecular complexity index is 1350. The van der Waals surface area contributed by atoms with E-state index in [9.17, 15) is 14.4 Å². The Morgan fingerprint density at radius 2 is 0.582 bits per heavy atom. The highest BCUT2D eigenvalue weighted by Gasteiger charge is 2.19. The van der Waals surface area contributed by atoms with Gasteiger partial charge < -0.3 is 14.2 Å². The zero-order chi connectivity index (χ0) is 48.6. The lowest BCUT2D eigenvalue weighted by molar-refractivity contribution is -0.167. The monoisotopic (exact) mass is 931 g/mol. The van der Waals surface area contributed by atoms with Crippen LogP contribution in [0.3, 0.4) is 0 Å². The summed E-state index contributed by atoms with van der Waals surface area (Å²) in [6.07, 6.45) is 72.7. The Hall–Kier alpha value is -3.67. The van der Waals surface area contributed by atoms with Crippen molar-refractivity contribution in [3.05, 3.63) is 97.2 Å². The van der Waals surface area contributed by atoms with Crippen LogP contribution in [0.15, 0.2) is 97.2 Å². The van der Waals surface area contributed by atoms with Gasteiger partial charge in [-0.1, -0.05) is 234 Å². The van der Waals surface area contributed by atoms with Crippen LogP contribution < -0.4 is 0 Å². The number of unbranched alkanes of at least 4 members (excludes halogenated alkanes) is 22. The van der Waals surface area contributed by atoms with Crippen molar-refractivity contribution < 1.29 is 28.6 Å². The summed E-state index contributed by atoms with van der Waals surface area (Å²) in [5.74, 6) is -0.905. The van der Waals surface area contributed by atoms with E-state index >= 15 is 0 Å². The van der Waals surface area contributed by atoms with Crippen LogP contribution in [-0.2, 0) is 28.6 Å². The summed E-state index contributed by atoms with van der Waals surface area (Å²) in [7, 11) is 0. The lowest BCUT2D eigenvalue weighted by Gasteiger charge is -2.18. The van der Waals surface area contributed by atoms with Gasteiger partial charge in [-0.05, 0) is 96.3 Å². The number of hydrogen-bond donors (Lipinski definition) is 0. The lowest BCUT2D eigenvalue weighted by Crippen LogP contribution is -2.30. The average molecular weight is 931 g/mol. The van der Waals surface area contributed by atoms with Crippen molar-refractivity contribution in [1.29, 1.82) is 0 Å². The third-order valence-electron chi connectivity index (χ3n) is 11.6. The third-order valence-corrected chi connectivity index (χ3v) is 11.6. The Morgan fingerprint density at radius 3 is 0.910 bits per heavy atom. The molecule has 0 aromatic carbocycles. The van der Waals surface area contributed by atoms with Crippen molar-refractivity contribution in [2.45, 2.75) is 258 Å². The SMILES string of the molecule is CC/C=C\C/C=C\C/C=C\C/C=C\CCCCCCCCCCC(=O)OCC(COC(=O)CCCCCCCCC)OC(=O)CCCCCCCCCC/C=C\C/C=C\C/C=C\C/C=C\CC. The van der Waals surface area contributed by atoms with Crippen molar-refractivity contribution in [1.82, 2.24) is 0 Å². The first-order valence-corrected chi connectivity index (χ1v) is 27.7. The van der Waals surface area contributed by atoms with E-state index in [1.807, 2.05) is 0 Å². The molecule has 1 atom stereocenters. The molecule has 0 spiro atoms. The molecular weight excluding hydrogens is 829 g/mol. The fraction of sp³-hybridized carbons (Fsp3) is 0.689. The summed E-state index contributed by atoms with van der Waals surface area (Å²) in [6, 6.07) is 0. The highest BCUT2D eigenvalue weighted by Crippen LogP contribution is 2.15. The molecule has 0 saturated heterocycles. The molecule has 0 aromatic rings. The zero-order valence-electron chi connectivity index (χ0n) is 43.6. The Morgan fingerprint density at radius 1 is 0.313 bits per heavy atom. The van der Waals surface area contributed by atoms with E-state index in [1.54, 1.807) is 0 Å². The smallest absolute Gasteiger partial charge is 0.306 e. The molecule has 0 amide bonds. The molecule has 6 heteroatoms. The molecule has 0 aromatic heterocycles. The molecule has 0 radical (unpaired) electrons. The Labute approximate surface area is 413 Å². The van der Waals surface area contributed by atoms with Gasteiger partial charge in [-0.3, -0.25) is 14.4 Å². The van der Waals surface area contributed by atoms with Gasteiger partial charge in [-0.15, -0.1) is 0 Å². The fourth-order valence-electron chi connectivity index (χ4n) is 7.48. The molecule has 0 aliphatic carbocycles. The van der Waals surface area contributed by atoms with Gasteiger partial charge in [0.05, 0.1) is 0 Å². The van der Waals surface area contributed by atoms with Gasteiger partial charge in [-0.25, -0.2) is 0 Å². The highest BCUT2D eigenvalue weighted by atomic mass is 16.6. The minimum absolute atomic E-state index is 0.0833. The highest BCUT2D eigenvalue weighted by molar-refractivity contribution is 5.71. The minimum atomic E-state index is -0.783. The van der Waals surface area contributed by atoms with Gasteiger partial charge >= 0.3 is 17.9 Å². The Balaban J connectivity index is 4.25. The van der Waals surface area contributed by atoms with Crippen molar-refractivity contribution in [3.63, 3.8) is 0 Å². The molecule has 0 rings (SSSR count). The van der Waals surface area contributed by atoms with Crippen LogP contribution in [0, 0.1) is 0 Å². The van der Waals surface area contributed by atoms with Gasteiger partial charge in [0.1, 0.15) is 13.2 Å². The normalized spacial score (nSPS) is 12.8. The van der Waals surface area contributed by atoms with E-state index < -0.39 is 6.10 Å². The van der Waals surface area contributed by atoms with Gasteiger partial charge in [0.2, 0.25) is 0 Å². The van der Waals surface area contributed by atoms with Crippen molar-refractivity contribution >= 4 is 17.9 Å². The number of carbonyl (C=O) groups is 3. The van der Waals surface area contributed by atoms with Gasteiger partial charge in [0, 0.05) is 19.3 Å². The molecule has 0 aliphatic rings. The van der Waals surface area contributed by atoms with Crippen LogP contribution in [0.1, 0.15) is 252 Å². The number of rotatable bonds is 49. The summed E-state index contributed by atoms with van der Waals surface area (Å²) in [5, 5.41) is 0. The van der Waals surface area contributed by atoms with E-state index in [1.165, 1.54) is 89.9 Å². The molecule has 0 N–H and O–H groups in total. The molecule has 0 saturated carbocycles. The van der Waals surface area contributed by atoms with Crippen LogP contribution in [-0.4, -0.2) is 37.2 Å². The predicted octanol–water partition coefficient (Wildman–Crippen LogP) is 18.5. The average Bonchev–Trinajstić information content (AvgIpc) is 3.33. The van der Waals surface area contributed by atoms with Crippen LogP contribution in [0.25, 0.3) is 0 Å². The zero-order valence-corrected chi connectivity index (χ0v) is 43.6. The first-order valence-electron chi connectivity index (χ1n) is 27.7. The largest absolute Gasteiger partial charge is 0.462 e. The summed E-state index contributed by atoms with van der Waals surface area (Å²) in [4.78, 5) is 37.9. The summed E-state index contributed by atoms with van der Waals surface area (Å²) < 4.78 is 16.8. The topological polar surface area (TPSA) is 78.9 Å². The maximum absolute atomic E-state index is 12.8.